The number of nitrogens with one attached hydrogen (secondary N) is 1. The van der Waals surface area contributed by atoms with Crippen LogP contribution in [0.2, 0.25) is 0 Å². The van der Waals surface area contributed by atoms with Crippen molar-refractivity contribution in [2.24, 2.45) is 11.1 Å². The monoisotopic (exact) mass is 214 g/mol. The summed E-state index contributed by atoms with van der Waals surface area (Å²) >= 11 is 0. The van der Waals surface area contributed by atoms with Crippen molar-refractivity contribution in [2.45, 2.75) is 18.8 Å². The van der Waals surface area contributed by atoms with E-state index >= 15 is 0 Å². The predicted molar refractivity (Wildman–Crippen MR) is 64.0 cm³/mol. The van der Waals surface area contributed by atoms with E-state index in [-0.39, 0.29) is 0 Å². The minimum absolute atomic E-state index is 0.637. The van der Waals surface area contributed by atoms with Gasteiger partial charge in [0, 0.05) is 23.3 Å². The van der Waals surface area contributed by atoms with E-state index in [1.807, 2.05) is 6.20 Å². The smallest absolute Gasteiger partial charge is 0.0456 e. The second-order valence-electron chi connectivity index (χ2n) is 4.42. The van der Waals surface area contributed by atoms with Crippen molar-refractivity contribution >= 4 is 17.1 Å². The van der Waals surface area contributed by atoms with Gasteiger partial charge in [0.2, 0.25) is 0 Å². The number of aromatic amines is 1. The lowest BCUT2D eigenvalue weighted by Gasteiger charge is -2.01. The van der Waals surface area contributed by atoms with Crippen LogP contribution in [0.5, 0.6) is 0 Å². The molecule has 3 heteroatoms. The molecule has 0 saturated heterocycles. The van der Waals surface area contributed by atoms with E-state index in [0.717, 1.165) is 6.42 Å². The normalized spacial score (nSPS) is 24.2. The van der Waals surface area contributed by atoms with Gasteiger partial charge in [-0.3, -0.25) is 0 Å². The molecule has 0 radical (unpaired) electrons. The van der Waals surface area contributed by atoms with Gasteiger partial charge in [-0.1, -0.05) is 12.1 Å². The zero-order valence-electron chi connectivity index (χ0n) is 8.93. The third-order valence-electron chi connectivity index (χ3n) is 3.44. The molecule has 1 aromatic carbocycles. The van der Waals surface area contributed by atoms with Crippen molar-refractivity contribution in [1.82, 2.24) is 4.98 Å². The third-order valence-corrected chi connectivity index (χ3v) is 3.44. The van der Waals surface area contributed by atoms with Crippen molar-refractivity contribution in [1.29, 1.82) is 0 Å². The number of hydrogen-bond acceptors (Lipinski definition) is 2. The van der Waals surface area contributed by atoms with Crippen LogP contribution in [0.25, 0.3) is 10.9 Å². The maximum atomic E-state index is 8.40. The molecule has 2 atom stereocenters. The molecule has 2 unspecified atom stereocenters. The van der Waals surface area contributed by atoms with Crippen LogP contribution in [0.15, 0.2) is 35.6 Å². The van der Waals surface area contributed by atoms with Crippen molar-refractivity contribution in [3.05, 3.63) is 36.0 Å². The Balaban J connectivity index is 1.88. The maximum Gasteiger partial charge on any atom is 0.0456 e. The van der Waals surface area contributed by atoms with E-state index in [1.54, 1.807) is 6.21 Å². The highest BCUT2D eigenvalue weighted by Crippen LogP contribution is 2.50. The molecule has 3 nitrogen and oxygen atoms in total. The van der Waals surface area contributed by atoms with Crippen molar-refractivity contribution in [2.75, 3.05) is 0 Å². The van der Waals surface area contributed by atoms with Gasteiger partial charge in [-0.25, -0.2) is 0 Å². The molecule has 2 N–H and O–H groups in total. The predicted octanol–water partition coefficient (Wildman–Crippen LogP) is 3.12. The first-order valence-corrected chi connectivity index (χ1v) is 5.62. The molecule has 1 saturated carbocycles. The SMILES string of the molecule is O/N=C\CC1CC1c1cccc2[nH]ccc12. The van der Waals surface area contributed by atoms with Gasteiger partial charge in [0.15, 0.2) is 0 Å². The Hall–Kier alpha value is -1.77. The van der Waals surface area contributed by atoms with Gasteiger partial charge in [0.05, 0.1) is 0 Å². The van der Waals surface area contributed by atoms with E-state index in [2.05, 4.69) is 34.4 Å². The van der Waals surface area contributed by atoms with Gasteiger partial charge in [-0.15, -0.1) is 5.16 Å². The summed E-state index contributed by atoms with van der Waals surface area (Å²) < 4.78 is 0. The molecule has 16 heavy (non-hydrogen) atoms. The molecule has 82 valence electrons. The number of fused-ring (bicyclic) bond motifs is 1. The number of hydrogen-bond donors (Lipinski definition) is 2. The fourth-order valence-electron chi connectivity index (χ4n) is 2.50. The van der Waals surface area contributed by atoms with Gasteiger partial charge >= 0.3 is 0 Å². The number of aromatic nitrogens is 1. The van der Waals surface area contributed by atoms with Crippen LogP contribution >= 0.6 is 0 Å². The quantitative estimate of drug-likeness (QED) is 0.460. The second kappa shape index (κ2) is 3.67. The number of benzene rings is 1. The van der Waals surface area contributed by atoms with Crippen LogP contribution in [0.1, 0.15) is 24.3 Å². The standard InChI is InChI=1S/C13H14N2O/c16-15-7-4-9-8-12(9)10-2-1-3-13-11(10)5-6-14-13/h1-3,5-7,9,12,14,16H,4,8H2/b15-7-. The fraction of sp³-hybridized carbons (Fsp3) is 0.308. The lowest BCUT2D eigenvalue weighted by molar-refractivity contribution is 0.320. The summed E-state index contributed by atoms with van der Waals surface area (Å²) in [4.78, 5) is 3.23. The molecule has 0 spiro atoms. The Labute approximate surface area is 93.8 Å². The first kappa shape index (κ1) is 9.46. The Morgan fingerprint density at radius 2 is 2.38 bits per heavy atom. The summed E-state index contributed by atoms with van der Waals surface area (Å²) in [7, 11) is 0. The molecular formula is C13H14N2O. The van der Waals surface area contributed by atoms with E-state index in [4.69, 9.17) is 5.21 Å². The van der Waals surface area contributed by atoms with Gasteiger partial charge in [0.25, 0.3) is 0 Å². The van der Waals surface area contributed by atoms with Crippen LogP contribution in [-0.4, -0.2) is 16.4 Å². The van der Waals surface area contributed by atoms with E-state index in [1.165, 1.54) is 22.9 Å². The van der Waals surface area contributed by atoms with E-state index in [9.17, 15) is 0 Å². The molecule has 1 aromatic heterocycles. The lowest BCUT2D eigenvalue weighted by atomic mass is 10.0. The molecule has 0 bridgehead atoms. The largest absolute Gasteiger partial charge is 0.411 e. The average molecular weight is 214 g/mol. The van der Waals surface area contributed by atoms with Crippen LogP contribution in [0.4, 0.5) is 0 Å². The number of nitrogens with zero attached hydrogens (tertiary/aromatic N) is 1. The minimum Gasteiger partial charge on any atom is -0.411 e. The Morgan fingerprint density at radius 1 is 1.44 bits per heavy atom. The minimum atomic E-state index is 0.637. The van der Waals surface area contributed by atoms with Crippen molar-refractivity contribution < 1.29 is 5.21 Å². The van der Waals surface area contributed by atoms with E-state index < -0.39 is 0 Å². The third kappa shape index (κ3) is 1.48. The highest BCUT2D eigenvalue weighted by molar-refractivity contribution is 5.84. The lowest BCUT2D eigenvalue weighted by Crippen LogP contribution is -1.86. The second-order valence-corrected chi connectivity index (χ2v) is 4.42. The van der Waals surface area contributed by atoms with Crippen molar-refractivity contribution in [3.63, 3.8) is 0 Å². The van der Waals surface area contributed by atoms with Crippen LogP contribution in [-0.2, 0) is 0 Å². The van der Waals surface area contributed by atoms with Gasteiger partial charge < -0.3 is 10.2 Å². The zero-order chi connectivity index (χ0) is 11.0. The number of H-pyrrole nitrogens is 1. The molecular weight excluding hydrogens is 200 g/mol. The van der Waals surface area contributed by atoms with Gasteiger partial charge in [-0.2, -0.15) is 0 Å². The van der Waals surface area contributed by atoms with Crippen LogP contribution in [0, 0.1) is 5.92 Å². The zero-order valence-corrected chi connectivity index (χ0v) is 8.93. The van der Waals surface area contributed by atoms with Gasteiger partial charge in [-0.05, 0) is 42.4 Å². The van der Waals surface area contributed by atoms with E-state index in [0.29, 0.717) is 11.8 Å². The number of oxime groups is 1. The summed E-state index contributed by atoms with van der Waals surface area (Å²) in [5.74, 6) is 1.29. The summed E-state index contributed by atoms with van der Waals surface area (Å²) in [5, 5.41) is 12.8. The fourth-order valence-corrected chi connectivity index (χ4v) is 2.50. The first-order chi connectivity index (χ1) is 7.90. The van der Waals surface area contributed by atoms with Crippen molar-refractivity contribution in [3.8, 4) is 0 Å². The van der Waals surface area contributed by atoms with Gasteiger partial charge in [0.1, 0.15) is 0 Å². The molecule has 0 aliphatic heterocycles. The molecule has 2 aromatic rings. The Kier molecular flexibility index (Phi) is 2.17. The first-order valence-electron chi connectivity index (χ1n) is 5.62. The Bertz CT molecular complexity index is 529. The molecule has 1 heterocycles. The van der Waals surface area contributed by atoms with Crippen LogP contribution < -0.4 is 0 Å². The molecule has 3 rings (SSSR count). The maximum absolute atomic E-state index is 8.40. The van der Waals surface area contributed by atoms with Crippen LogP contribution in [0.3, 0.4) is 0 Å². The summed E-state index contributed by atoms with van der Waals surface area (Å²) in [6.07, 6.45) is 5.67. The summed E-state index contributed by atoms with van der Waals surface area (Å²) in [6, 6.07) is 8.55. The molecule has 1 aliphatic rings. The molecule has 1 aliphatic carbocycles. The summed E-state index contributed by atoms with van der Waals surface area (Å²) in [6.45, 7) is 0. The highest BCUT2D eigenvalue weighted by atomic mass is 16.4. The average Bonchev–Trinajstić information content (AvgIpc) is 2.91. The number of rotatable bonds is 3. The topological polar surface area (TPSA) is 48.4 Å². The molecule has 0 amide bonds. The molecule has 1 fully saturated rings. The summed E-state index contributed by atoms with van der Waals surface area (Å²) in [5.41, 5.74) is 2.63. The highest BCUT2D eigenvalue weighted by Gasteiger charge is 2.38. The Morgan fingerprint density at radius 3 is 3.25 bits per heavy atom.